The molecule has 5 heterocycles. The van der Waals surface area contributed by atoms with Gasteiger partial charge < -0.3 is 20.0 Å². The molecular formula is C18H20N2O6S4. The number of ketones is 2. The highest BCUT2D eigenvalue weighted by atomic mass is 33.1. The van der Waals surface area contributed by atoms with E-state index in [1.54, 1.807) is 0 Å². The Hall–Kier alpha value is -0.400. The molecule has 162 valence electrons. The standard InChI is InChI=1S/C18H20N2O6S4/c21-7-1-9(27)13(23)11-5(7)3-17-15(25)20-12-6(8(22)2-10(28)14(12)24)4-18(20,30-29-17)16(26)19(11)17/h5-6,9-14,23-24,27-28H,1-4H2/t5-,6-,9-,10-,11-,12-,13+,14+,17-,18-/m1/s1. The lowest BCUT2D eigenvalue weighted by Crippen LogP contribution is -2.77. The molecule has 7 rings (SSSR count). The molecule has 7 aliphatic rings. The molecule has 0 aromatic carbocycles. The minimum atomic E-state index is -1.31. The number of rotatable bonds is 0. The fourth-order valence-electron chi connectivity index (χ4n) is 6.39. The van der Waals surface area contributed by atoms with Crippen LogP contribution in [0, 0.1) is 11.8 Å². The minimum Gasteiger partial charge on any atom is -0.390 e. The van der Waals surface area contributed by atoms with E-state index in [0.717, 1.165) is 0 Å². The summed E-state index contributed by atoms with van der Waals surface area (Å²) in [5.41, 5.74) is 0. The molecule has 2 N–H and O–H groups in total. The first-order chi connectivity index (χ1) is 14.1. The first-order valence-electron chi connectivity index (χ1n) is 9.96. The number of nitrogens with zero attached hydrogens (tertiary/aromatic N) is 2. The third-order valence-corrected chi connectivity index (χ3v) is 12.3. The quantitative estimate of drug-likeness (QED) is 0.266. The zero-order chi connectivity index (χ0) is 21.3. The van der Waals surface area contributed by atoms with Crippen molar-refractivity contribution in [1.29, 1.82) is 0 Å². The van der Waals surface area contributed by atoms with E-state index in [1.807, 2.05) is 0 Å². The maximum Gasteiger partial charge on any atom is 0.261 e. The highest BCUT2D eigenvalue weighted by Gasteiger charge is 2.80. The molecule has 10 atom stereocenters. The summed E-state index contributed by atoms with van der Waals surface area (Å²) < 4.78 is 0. The molecule has 2 aliphatic carbocycles. The summed E-state index contributed by atoms with van der Waals surface area (Å²) >= 11 is 8.69. The van der Waals surface area contributed by atoms with Gasteiger partial charge in [-0.05, 0) is 0 Å². The number of carbonyl (C=O) groups excluding carboxylic acids is 4. The van der Waals surface area contributed by atoms with Crippen molar-refractivity contribution in [2.75, 3.05) is 0 Å². The number of aliphatic hydroxyl groups is 2. The van der Waals surface area contributed by atoms with Crippen molar-refractivity contribution in [3.8, 4) is 0 Å². The van der Waals surface area contributed by atoms with Gasteiger partial charge in [0.25, 0.3) is 11.8 Å². The van der Waals surface area contributed by atoms with Gasteiger partial charge in [0.15, 0.2) is 9.74 Å². The Kier molecular flexibility index (Phi) is 4.13. The van der Waals surface area contributed by atoms with E-state index >= 15 is 0 Å². The smallest absolute Gasteiger partial charge is 0.261 e. The van der Waals surface area contributed by atoms with Crippen LogP contribution in [-0.4, -0.2) is 87.9 Å². The van der Waals surface area contributed by atoms with Crippen molar-refractivity contribution in [2.24, 2.45) is 11.8 Å². The number of piperazine rings is 1. The average Bonchev–Trinajstić information content (AvgIpc) is 3.24. The van der Waals surface area contributed by atoms with Crippen LogP contribution in [0.2, 0.25) is 0 Å². The van der Waals surface area contributed by atoms with Gasteiger partial charge in [0.2, 0.25) is 0 Å². The molecule has 0 aromatic heterocycles. The van der Waals surface area contributed by atoms with Crippen LogP contribution in [-0.2, 0) is 19.2 Å². The number of fused-ring (bicyclic) bond motifs is 3. The SMILES string of the molecule is O=C1C[C@@H](S)[C@H](O)[C@H]2[C@@H]1C[C@@]13SS[C@]4(C[C@@H]5C(=O)C[C@@H](S)[C@H](O)[C@@H]5N4C1=O)C(=O)N23. The lowest BCUT2D eigenvalue weighted by atomic mass is 9.80. The highest BCUT2D eigenvalue weighted by Crippen LogP contribution is 2.70. The Labute approximate surface area is 191 Å². The van der Waals surface area contributed by atoms with Gasteiger partial charge in [-0.2, -0.15) is 25.3 Å². The molecule has 2 bridgehead atoms. The van der Waals surface area contributed by atoms with Gasteiger partial charge in [-0.3, -0.25) is 19.2 Å². The van der Waals surface area contributed by atoms with Crippen LogP contribution in [0.4, 0.5) is 0 Å². The summed E-state index contributed by atoms with van der Waals surface area (Å²) in [5, 5.41) is 20.5. The third-order valence-electron chi connectivity index (χ3n) is 7.75. The maximum absolute atomic E-state index is 13.9. The predicted octanol–water partition coefficient (Wildman–Crippen LogP) is -0.514. The lowest BCUT2D eigenvalue weighted by molar-refractivity contribution is -0.171. The topological polar surface area (TPSA) is 115 Å². The van der Waals surface area contributed by atoms with Gasteiger partial charge in [0, 0.05) is 48.0 Å². The first-order valence-corrected chi connectivity index (χ1v) is 13.1. The van der Waals surface area contributed by atoms with E-state index in [0.29, 0.717) is 0 Å². The van der Waals surface area contributed by atoms with Crippen LogP contribution in [0.3, 0.4) is 0 Å². The number of thiol groups is 2. The Morgan fingerprint density at radius 1 is 0.767 bits per heavy atom. The molecule has 5 saturated heterocycles. The summed E-state index contributed by atoms with van der Waals surface area (Å²) in [5.74, 6) is -2.13. The summed E-state index contributed by atoms with van der Waals surface area (Å²) in [4.78, 5) is 53.5. The monoisotopic (exact) mass is 488 g/mol. The van der Waals surface area contributed by atoms with Crippen molar-refractivity contribution in [3.63, 3.8) is 0 Å². The van der Waals surface area contributed by atoms with Crippen LogP contribution in [0.15, 0.2) is 0 Å². The van der Waals surface area contributed by atoms with Gasteiger partial charge in [-0.15, -0.1) is 0 Å². The third kappa shape index (κ3) is 2.09. The van der Waals surface area contributed by atoms with Crippen molar-refractivity contribution in [3.05, 3.63) is 0 Å². The Morgan fingerprint density at radius 3 is 1.50 bits per heavy atom. The van der Waals surface area contributed by atoms with E-state index in [4.69, 9.17) is 0 Å². The number of aliphatic hydroxyl groups excluding tert-OH is 2. The molecule has 2 spiro atoms. The molecule has 5 aliphatic heterocycles. The number of carbonyl (C=O) groups is 4. The lowest BCUT2D eigenvalue weighted by Gasteiger charge is -2.59. The Morgan fingerprint density at radius 2 is 1.13 bits per heavy atom. The maximum atomic E-state index is 13.9. The van der Waals surface area contributed by atoms with Crippen molar-refractivity contribution < 1.29 is 29.4 Å². The molecule has 7 fully saturated rings. The minimum absolute atomic E-state index is 0.0948. The molecule has 30 heavy (non-hydrogen) atoms. The molecule has 2 amide bonds. The zero-order valence-corrected chi connectivity index (χ0v) is 19.0. The van der Waals surface area contributed by atoms with Gasteiger partial charge >= 0.3 is 0 Å². The van der Waals surface area contributed by atoms with Crippen LogP contribution < -0.4 is 0 Å². The van der Waals surface area contributed by atoms with E-state index in [-0.39, 0.29) is 49.1 Å². The molecule has 0 aromatic rings. The van der Waals surface area contributed by atoms with Gasteiger partial charge in [0.1, 0.15) is 11.6 Å². The zero-order valence-electron chi connectivity index (χ0n) is 15.6. The Bertz CT molecular complexity index is 847. The summed E-state index contributed by atoms with van der Waals surface area (Å²) in [6, 6.07) is -1.59. The summed E-state index contributed by atoms with van der Waals surface area (Å²) in [7, 11) is 2.52. The molecule has 8 nitrogen and oxygen atoms in total. The number of amides is 2. The molecule has 0 unspecified atom stereocenters. The highest BCUT2D eigenvalue weighted by molar-refractivity contribution is 8.78. The molecular weight excluding hydrogens is 468 g/mol. The van der Waals surface area contributed by atoms with E-state index in [2.05, 4.69) is 25.3 Å². The molecule has 12 heteroatoms. The van der Waals surface area contributed by atoms with E-state index in [9.17, 15) is 29.4 Å². The van der Waals surface area contributed by atoms with Gasteiger partial charge in [0.05, 0.1) is 24.3 Å². The number of hydrogen-bond donors (Lipinski definition) is 4. The van der Waals surface area contributed by atoms with Crippen molar-refractivity contribution >= 4 is 70.2 Å². The van der Waals surface area contributed by atoms with Gasteiger partial charge in [-0.25, -0.2) is 0 Å². The fourth-order valence-corrected chi connectivity index (χ4v) is 10.9. The normalized spacial score (nSPS) is 54.3. The molecule has 2 saturated carbocycles. The second kappa shape index (κ2) is 6.13. The Balaban J connectivity index is 1.49. The predicted molar refractivity (Wildman–Crippen MR) is 115 cm³/mol. The first kappa shape index (κ1) is 20.2. The van der Waals surface area contributed by atoms with Crippen LogP contribution in [0.5, 0.6) is 0 Å². The summed E-state index contributed by atoms with van der Waals surface area (Å²) in [6.07, 6.45) is -1.56. The molecule has 0 radical (unpaired) electrons. The average molecular weight is 489 g/mol. The second-order valence-corrected chi connectivity index (χ2v) is 13.2. The van der Waals surface area contributed by atoms with Crippen molar-refractivity contribution in [1.82, 2.24) is 9.80 Å². The van der Waals surface area contributed by atoms with Crippen molar-refractivity contribution in [2.45, 2.75) is 70.2 Å². The van der Waals surface area contributed by atoms with Gasteiger partial charge in [-0.1, -0.05) is 21.6 Å². The summed E-state index contributed by atoms with van der Waals surface area (Å²) in [6.45, 7) is 0. The number of hydrogen-bond acceptors (Lipinski definition) is 10. The van der Waals surface area contributed by atoms with E-state index < -0.39 is 56.4 Å². The van der Waals surface area contributed by atoms with Crippen LogP contribution in [0.25, 0.3) is 0 Å². The number of Topliss-reactive ketones (excluding diaryl/α,β-unsaturated/α-hetero) is 2. The largest absolute Gasteiger partial charge is 0.390 e. The van der Waals surface area contributed by atoms with E-state index in [1.165, 1.54) is 31.4 Å². The van der Waals surface area contributed by atoms with Crippen LogP contribution >= 0.6 is 46.8 Å². The second-order valence-electron chi connectivity index (χ2n) is 9.14. The fraction of sp³-hybridized carbons (Fsp3) is 0.778. The van der Waals surface area contributed by atoms with Crippen LogP contribution in [0.1, 0.15) is 25.7 Å².